The van der Waals surface area contributed by atoms with Crippen molar-refractivity contribution >= 4 is 5.82 Å². The van der Waals surface area contributed by atoms with Gasteiger partial charge in [-0.3, -0.25) is 0 Å². The van der Waals surface area contributed by atoms with Crippen LogP contribution in [0.4, 0.5) is 5.82 Å². The van der Waals surface area contributed by atoms with E-state index in [2.05, 4.69) is 36.7 Å². The smallest absolute Gasteiger partial charge is 0.131 e. The zero-order valence-electron chi connectivity index (χ0n) is 12.6. The highest BCUT2D eigenvalue weighted by Gasteiger charge is 2.24. The standard InChI is InChI=1S/C16H27N3/c1-13-11-14(5-8-17)12-18-15(13)19-9-4-6-16(2,3)7-10-19/h11-12H,4-10,17H2,1-3H3. The molecular formula is C16H27N3. The van der Waals surface area contributed by atoms with Gasteiger partial charge in [-0.25, -0.2) is 4.98 Å². The first-order valence-electron chi connectivity index (χ1n) is 7.42. The number of aryl methyl sites for hydroxylation is 1. The third-order valence-corrected chi connectivity index (χ3v) is 4.18. The Bertz CT molecular complexity index is 426. The van der Waals surface area contributed by atoms with Gasteiger partial charge in [-0.1, -0.05) is 19.9 Å². The molecule has 1 aromatic heterocycles. The molecule has 1 saturated heterocycles. The molecule has 106 valence electrons. The van der Waals surface area contributed by atoms with Gasteiger partial charge in [0.05, 0.1) is 0 Å². The highest BCUT2D eigenvalue weighted by Crippen LogP contribution is 2.32. The van der Waals surface area contributed by atoms with Gasteiger partial charge in [0, 0.05) is 19.3 Å². The minimum absolute atomic E-state index is 0.474. The summed E-state index contributed by atoms with van der Waals surface area (Å²) in [5.41, 5.74) is 8.61. The number of hydrogen-bond donors (Lipinski definition) is 1. The Morgan fingerprint density at radius 1 is 1.32 bits per heavy atom. The number of hydrogen-bond acceptors (Lipinski definition) is 3. The maximum Gasteiger partial charge on any atom is 0.131 e. The Balaban J connectivity index is 2.13. The van der Waals surface area contributed by atoms with Crippen molar-refractivity contribution in [1.29, 1.82) is 0 Å². The van der Waals surface area contributed by atoms with Gasteiger partial charge in [0.1, 0.15) is 5.82 Å². The van der Waals surface area contributed by atoms with E-state index in [1.54, 1.807) is 0 Å². The van der Waals surface area contributed by atoms with Crippen LogP contribution >= 0.6 is 0 Å². The summed E-state index contributed by atoms with van der Waals surface area (Å²) in [5, 5.41) is 0. The van der Waals surface area contributed by atoms with Crippen LogP contribution in [0.15, 0.2) is 12.3 Å². The third-order valence-electron chi connectivity index (χ3n) is 4.18. The molecule has 1 fully saturated rings. The molecule has 0 spiro atoms. The molecule has 0 aliphatic carbocycles. The molecule has 0 amide bonds. The van der Waals surface area contributed by atoms with Gasteiger partial charge in [-0.15, -0.1) is 0 Å². The van der Waals surface area contributed by atoms with Gasteiger partial charge in [0.15, 0.2) is 0 Å². The number of nitrogens with zero attached hydrogens (tertiary/aromatic N) is 2. The third kappa shape index (κ3) is 3.69. The van der Waals surface area contributed by atoms with Gasteiger partial charge in [0.25, 0.3) is 0 Å². The first-order valence-corrected chi connectivity index (χ1v) is 7.42. The summed E-state index contributed by atoms with van der Waals surface area (Å²) in [6.45, 7) is 9.86. The van der Waals surface area contributed by atoms with Crippen LogP contribution in [0.5, 0.6) is 0 Å². The summed E-state index contributed by atoms with van der Waals surface area (Å²) in [5.74, 6) is 1.17. The van der Waals surface area contributed by atoms with Crippen LogP contribution in [0.2, 0.25) is 0 Å². The lowest BCUT2D eigenvalue weighted by Crippen LogP contribution is -2.26. The predicted octanol–water partition coefficient (Wildman–Crippen LogP) is 2.91. The molecule has 0 atom stereocenters. The van der Waals surface area contributed by atoms with Crippen LogP contribution in [0.3, 0.4) is 0 Å². The van der Waals surface area contributed by atoms with E-state index in [1.165, 1.54) is 36.2 Å². The monoisotopic (exact) mass is 261 g/mol. The van der Waals surface area contributed by atoms with Crippen LogP contribution < -0.4 is 10.6 Å². The molecule has 2 rings (SSSR count). The van der Waals surface area contributed by atoms with E-state index in [1.807, 2.05) is 6.20 Å². The molecule has 1 aromatic rings. The molecule has 19 heavy (non-hydrogen) atoms. The van der Waals surface area contributed by atoms with Crippen LogP contribution in [-0.4, -0.2) is 24.6 Å². The highest BCUT2D eigenvalue weighted by atomic mass is 15.2. The summed E-state index contributed by atoms with van der Waals surface area (Å²) >= 11 is 0. The van der Waals surface area contributed by atoms with Crippen molar-refractivity contribution < 1.29 is 0 Å². The SMILES string of the molecule is Cc1cc(CCN)cnc1N1CCCC(C)(C)CC1. The fourth-order valence-corrected chi connectivity index (χ4v) is 2.89. The number of aromatic nitrogens is 1. The second-order valence-electron chi connectivity index (χ2n) is 6.53. The topological polar surface area (TPSA) is 42.1 Å². The van der Waals surface area contributed by atoms with Gasteiger partial charge >= 0.3 is 0 Å². The lowest BCUT2D eigenvalue weighted by molar-refractivity contribution is 0.325. The Labute approximate surface area is 117 Å². The fraction of sp³-hybridized carbons (Fsp3) is 0.688. The van der Waals surface area contributed by atoms with Crippen molar-refractivity contribution in [3.8, 4) is 0 Å². The molecule has 3 heteroatoms. The molecule has 3 nitrogen and oxygen atoms in total. The average molecular weight is 261 g/mol. The van der Waals surface area contributed by atoms with Crippen LogP contribution in [-0.2, 0) is 6.42 Å². The highest BCUT2D eigenvalue weighted by molar-refractivity contribution is 5.47. The molecule has 0 radical (unpaired) electrons. The zero-order chi connectivity index (χ0) is 13.9. The van der Waals surface area contributed by atoms with E-state index in [0.717, 1.165) is 19.5 Å². The molecule has 0 unspecified atom stereocenters. The first kappa shape index (κ1) is 14.3. The quantitative estimate of drug-likeness (QED) is 0.909. The van der Waals surface area contributed by atoms with Crippen molar-refractivity contribution in [1.82, 2.24) is 4.98 Å². The summed E-state index contributed by atoms with van der Waals surface area (Å²) < 4.78 is 0. The van der Waals surface area contributed by atoms with E-state index < -0.39 is 0 Å². The molecule has 1 aliphatic heterocycles. The van der Waals surface area contributed by atoms with Gasteiger partial charge < -0.3 is 10.6 Å². The number of nitrogens with two attached hydrogens (primary N) is 1. The fourth-order valence-electron chi connectivity index (χ4n) is 2.89. The van der Waals surface area contributed by atoms with Crippen molar-refractivity contribution in [2.24, 2.45) is 11.1 Å². The normalized spacial score (nSPS) is 19.3. The Morgan fingerprint density at radius 3 is 2.79 bits per heavy atom. The Hall–Kier alpha value is -1.09. The van der Waals surface area contributed by atoms with Crippen LogP contribution in [0.25, 0.3) is 0 Å². The number of pyridine rings is 1. The summed E-state index contributed by atoms with van der Waals surface area (Å²) in [4.78, 5) is 7.13. The van der Waals surface area contributed by atoms with Crippen LogP contribution in [0.1, 0.15) is 44.2 Å². The largest absolute Gasteiger partial charge is 0.356 e. The molecule has 2 N–H and O–H groups in total. The molecule has 0 bridgehead atoms. The molecule has 0 saturated carbocycles. The first-order chi connectivity index (χ1) is 9.02. The molecule has 0 aromatic carbocycles. The van der Waals surface area contributed by atoms with Crippen molar-refractivity contribution in [3.63, 3.8) is 0 Å². The van der Waals surface area contributed by atoms with Gasteiger partial charge in [0.2, 0.25) is 0 Å². The lowest BCUT2D eigenvalue weighted by Gasteiger charge is -2.25. The maximum atomic E-state index is 5.60. The summed E-state index contributed by atoms with van der Waals surface area (Å²) in [7, 11) is 0. The van der Waals surface area contributed by atoms with Crippen molar-refractivity contribution in [3.05, 3.63) is 23.4 Å². The van der Waals surface area contributed by atoms with Crippen molar-refractivity contribution in [2.45, 2.75) is 46.5 Å². The minimum Gasteiger partial charge on any atom is -0.356 e. The maximum absolute atomic E-state index is 5.60. The summed E-state index contributed by atoms with van der Waals surface area (Å²) in [6.07, 6.45) is 6.73. The second kappa shape index (κ2) is 5.91. The van der Waals surface area contributed by atoms with E-state index in [-0.39, 0.29) is 0 Å². The lowest BCUT2D eigenvalue weighted by atomic mass is 9.85. The molecule has 1 aliphatic rings. The van der Waals surface area contributed by atoms with Crippen molar-refractivity contribution in [2.75, 3.05) is 24.5 Å². The van der Waals surface area contributed by atoms with Gasteiger partial charge in [-0.05, 0) is 55.7 Å². The molecular weight excluding hydrogens is 234 g/mol. The summed E-state index contributed by atoms with van der Waals surface area (Å²) in [6, 6.07) is 2.24. The Morgan fingerprint density at radius 2 is 2.11 bits per heavy atom. The van der Waals surface area contributed by atoms with E-state index >= 15 is 0 Å². The minimum atomic E-state index is 0.474. The second-order valence-corrected chi connectivity index (χ2v) is 6.53. The number of anilines is 1. The van der Waals surface area contributed by atoms with E-state index in [0.29, 0.717) is 12.0 Å². The molecule has 2 heterocycles. The Kier molecular flexibility index (Phi) is 4.46. The van der Waals surface area contributed by atoms with Gasteiger partial charge in [-0.2, -0.15) is 0 Å². The zero-order valence-corrected chi connectivity index (χ0v) is 12.6. The van der Waals surface area contributed by atoms with E-state index in [9.17, 15) is 0 Å². The van der Waals surface area contributed by atoms with Crippen LogP contribution in [0, 0.1) is 12.3 Å². The number of rotatable bonds is 3. The average Bonchev–Trinajstić information content (AvgIpc) is 2.51. The van der Waals surface area contributed by atoms with E-state index in [4.69, 9.17) is 5.73 Å². The predicted molar refractivity (Wildman–Crippen MR) is 81.6 cm³/mol.